The zero-order chi connectivity index (χ0) is 17.5. The van der Waals surface area contributed by atoms with Gasteiger partial charge in [0.1, 0.15) is 5.60 Å². The summed E-state index contributed by atoms with van der Waals surface area (Å²) in [7, 11) is 0. The average molecular weight is 321 g/mol. The molecule has 0 atom stereocenters. The largest absolute Gasteiger partial charge is 0.444 e. The molecule has 0 aliphatic carbocycles. The van der Waals surface area contributed by atoms with Gasteiger partial charge in [-0.2, -0.15) is 0 Å². The van der Waals surface area contributed by atoms with Gasteiger partial charge in [-0.15, -0.1) is 0 Å². The normalized spacial score (nSPS) is 11.7. The van der Waals surface area contributed by atoms with E-state index in [2.05, 4.69) is 15.6 Å². The van der Waals surface area contributed by atoms with E-state index in [1.165, 1.54) is 0 Å². The third-order valence-electron chi connectivity index (χ3n) is 2.91. The summed E-state index contributed by atoms with van der Waals surface area (Å²) in [6.45, 7) is 9.41. The van der Waals surface area contributed by atoms with Gasteiger partial charge in [0, 0.05) is 25.4 Å². The minimum atomic E-state index is -0.553. The fourth-order valence-electron chi connectivity index (χ4n) is 1.90. The van der Waals surface area contributed by atoms with Gasteiger partial charge in [0.25, 0.3) is 0 Å². The molecule has 0 bridgehead atoms. The number of aryl methyl sites for hydroxylation is 1. The van der Waals surface area contributed by atoms with E-state index < -0.39 is 17.2 Å². The Kier molecular flexibility index (Phi) is 6.54. The van der Waals surface area contributed by atoms with E-state index in [1.807, 2.05) is 26.0 Å². The van der Waals surface area contributed by atoms with Crippen molar-refractivity contribution in [3.8, 4) is 0 Å². The Morgan fingerprint density at radius 3 is 2.48 bits per heavy atom. The Hall–Kier alpha value is -2.11. The van der Waals surface area contributed by atoms with Crippen LogP contribution in [0.4, 0.5) is 4.79 Å². The third-order valence-corrected chi connectivity index (χ3v) is 2.91. The quantitative estimate of drug-likeness (QED) is 0.843. The van der Waals surface area contributed by atoms with Gasteiger partial charge in [0.15, 0.2) is 0 Å². The van der Waals surface area contributed by atoms with Crippen LogP contribution in [0.3, 0.4) is 0 Å². The second-order valence-electron chi connectivity index (χ2n) is 7.15. The molecule has 6 heteroatoms. The Balaban J connectivity index is 2.36. The van der Waals surface area contributed by atoms with Crippen LogP contribution in [0, 0.1) is 0 Å². The molecule has 0 aliphatic heterocycles. The summed E-state index contributed by atoms with van der Waals surface area (Å²) in [5.74, 6) is -0.0650. The molecule has 1 rings (SSSR count). The van der Waals surface area contributed by atoms with E-state index in [4.69, 9.17) is 4.74 Å². The van der Waals surface area contributed by atoms with Crippen LogP contribution in [0.2, 0.25) is 0 Å². The lowest BCUT2D eigenvalue weighted by molar-refractivity contribution is -0.122. The van der Waals surface area contributed by atoms with Gasteiger partial charge >= 0.3 is 6.09 Å². The van der Waals surface area contributed by atoms with E-state index in [9.17, 15) is 9.59 Å². The van der Waals surface area contributed by atoms with Crippen LogP contribution >= 0.6 is 0 Å². The van der Waals surface area contributed by atoms with Crippen LogP contribution < -0.4 is 10.6 Å². The molecule has 0 aromatic carbocycles. The summed E-state index contributed by atoms with van der Waals surface area (Å²) in [5.41, 5.74) is -0.0725. The van der Waals surface area contributed by atoms with Crippen molar-refractivity contribution in [2.45, 2.75) is 58.6 Å². The van der Waals surface area contributed by atoms with E-state index >= 15 is 0 Å². The number of alkyl carbamates (subject to hydrolysis) is 1. The maximum Gasteiger partial charge on any atom is 0.407 e. The van der Waals surface area contributed by atoms with Crippen molar-refractivity contribution in [1.82, 2.24) is 15.6 Å². The molecule has 128 valence electrons. The van der Waals surface area contributed by atoms with Crippen molar-refractivity contribution in [3.63, 3.8) is 0 Å². The average Bonchev–Trinajstić information content (AvgIpc) is 2.42. The number of nitrogens with zero attached hydrogens (tertiary/aromatic N) is 1. The topological polar surface area (TPSA) is 80.3 Å². The number of aromatic nitrogens is 1. The minimum Gasteiger partial charge on any atom is -0.444 e. The smallest absolute Gasteiger partial charge is 0.407 e. The summed E-state index contributed by atoms with van der Waals surface area (Å²) < 4.78 is 5.17. The van der Waals surface area contributed by atoms with Crippen molar-refractivity contribution in [1.29, 1.82) is 0 Å². The monoisotopic (exact) mass is 321 g/mol. The van der Waals surface area contributed by atoms with Crippen LogP contribution in [0.5, 0.6) is 0 Å². The van der Waals surface area contributed by atoms with Gasteiger partial charge in [-0.05, 0) is 52.7 Å². The number of hydrogen-bond acceptors (Lipinski definition) is 4. The Labute approximate surface area is 138 Å². The number of hydrogen-bond donors (Lipinski definition) is 2. The lowest BCUT2D eigenvalue weighted by Crippen LogP contribution is -2.52. The number of pyridine rings is 1. The lowest BCUT2D eigenvalue weighted by Gasteiger charge is -2.27. The van der Waals surface area contributed by atoms with Crippen molar-refractivity contribution in [3.05, 3.63) is 30.1 Å². The maximum absolute atomic E-state index is 12.0. The van der Waals surface area contributed by atoms with Gasteiger partial charge < -0.3 is 15.4 Å². The predicted molar refractivity (Wildman–Crippen MR) is 89.0 cm³/mol. The highest BCUT2D eigenvalue weighted by atomic mass is 16.6. The summed E-state index contributed by atoms with van der Waals surface area (Å²) in [4.78, 5) is 27.7. The summed E-state index contributed by atoms with van der Waals surface area (Å²) >= 11 is 0. The molecular formula is C17H27N3O3. The van der Waals surface area contributed by atoms with Crippen molar-refractivity contribution >= 4 is 12.0 Å². The molecule has 23 heavy (non-hydrogen) atoms. The zero-order valence-corrected chi connectivity index (χ0v) is 14.6. The number of carbonyl (C=O) groups excluding carboxylic acids is 2. The first-order valence-corrected chi connectivity index (χ1v) is 7.74. The number of carbonyl (C=O) groups is 2. The molecule has 1 aromatic rings. The highest BCUT2D eigenvalue weighted by Gasteiger charge is 2.23. The number of ether oxygens (including phenoxy) is 1. The summed E-state index contributed by atoms with van der Waals surface area (Å²) in [5, 5.41) is 5.59. The van der Waals surface area contributed by atoms with E-state index in [0.717, 1.165) is 5.56 Å². The van der Waals surface area contributed by atoms with Crippen LogP contribution in [-0.2, 0) is 16.0 Å². The minimum absolute atomic E-state index is 0.0650. The van der Waals surface area contributed by atoms with Gasteiger partial charge in [-0.1, -0.05) is 6.07 Å². The highest BCUT2D eigenvalue weighted by molar-refractivity contribution is 5.77. The Morgan fingerprint density at radius 1 is 1.22 bits per heavy atom. The molecule has 0 fully saturated rings. The standard InChI is InChI=1S/C17H27N3O3/c1-16(2,3)23-15(22)19-12-17(4,5)20-14(21)9-8-13-7-6-10-18-11-13/h6-7,10-11H,8-9,12H2,1-5H3,(H,19,22)(H,20,21). The molecule has 1 aromatic heterocycles. The van der Waals surface area contributed by atoms with E-state index in [0.29, 0.717) is 19.4 Å². The van der Waals surface area contributed by atoms with Crippen molar-refractivity contribution < 1.29 is 14.3 Å². The van der Waals surface area contributed by atoms with Crippen LogP contribution in [-0.4, -0.2) is 34.7 Å². The molecule has 0 spiro atoms. The first-order valence-electron chi connectivity index (χ1n) is 7.74. The highest BCUT2D eigenvalue weighted by Crippen LogP contribution is 2.08. The molecule has 0 radical (unpaired) electrons. The Bertz CT molecular complexity index is 522. The number of nitrogens with one attached hydrogen (secondary N) is 2. The van der Waals surface area contributed by atoms with Crippen LogP contribution in [0.15, 0.2) is 24.5 Å². The predicted octanol–water partition coefficient (Wildman–Crippen LogP) is 2.43. The molecule has 2 amide bonds. The van der Waals surface area contributed by atoms with E-state index in [1.54, 1.807) is 33.2 Å². The lowest BCUT2D eigenvalue weighted by atomic mass is 10.0. The fourth-order valence-corrected chi connectivity index (χ4v) is 1.90. The summed E-state index contributed by atoms with van der Waals surface area (Å²) in [6.07, 6.45) is 3.98. The molecule has 0 aliphatic rings. The molecule has 1 heterocycles. The molecule has 2 N–H and O–H groups in total. The summed E-state index contributed by atoms with van der Waals surface area (Å²) in [6, 6.07) is 3.79. The first kappa shape index (κ1) is 18.9. The second-order valence-corrected chi connectivity index (χ2v) is 7.15. The molecule has 0 unspecified atom stereocenters. The maximum atomic E-state index is 12.0. The second kappa shape index (κ2) is 7.94. The number of amides is 2. The molecular weight excluding hydrogens is 294 g/mol. The van der Waals surface area contributed by atoms with E-state index in [-0.39, 0.29) is 5.91 Å². The Morgan fingerprint density at radius 2 is 1.91 bits per heavy atom. The fraction of sp³-hybridized carbons (Fsp3) is 0.588. The van der Waals surface area contributed by atoms with Gasteiger partial charge in [0.05, 0.1) is 5.54 Å². The van der Waals surface area contributed by atoms with Crippen molar-refractivity contribution in [2.75, 3.05) is 6.54 Å². The van der Waals surface area contributed by atoms with Crippen LogP contribution in [0.25, 0.3) is 0 Å². The number of rotatable bonds is 6. The molecule has 0 saturated heterocycles. The van der Waals surface area contributed by atoms with Gasteiger partial charge in [-0.3, -0.25) is 9.78 Å². The molecule has 0 saturated carbocycles. The SMILES string of the molecule is CC(C)(CNC(=O)OC(C)(C)C)NC(=O)CCc1cccnc1. The van der Waals surface area contributed by atoms with Gasteiger partial charge in [-0.25, -0.2) is 4.79 Å². The van der Waals surface area contributed by atoms with Gasteiger partial charge in [0.2, 0.25) is 5.91 Å². The zero-order valence-electron chi connectivity index (χ0n) is 14.6. The molecule has 6 nitrogen and oxygen atoms in total. The third kappa shape index (κ3) is 8.80. The van der Waals surface area contributed by atoms with Crippen LogP contribution in [0.1, 0.15) is 46.6 Å². The van der Waals surface area contributed by atoms with Crippen molar-refractivity contribution in [2.24, 2.45) is 0 Å². The first-order chi connectivity index (χ1) is 10.6.